The van der Waals surface area contributed by atoms with Gasteiger partial charge in [-0.05, 0) is 57.8 Å². The zero-order chi connectivity index (χ0) is 22.9. The van der Waals surface area contributed by atoms with Crippen LogP contribution in [0.1, 0.15) is 19.4 Å². The Kier molecular flexibility index (Phi) is 6.20. The molecule has 0 aliphatic rings. The Morgan fingerprint density at radius 3 is 2.25 bits per heavy atom. The first kappa shape index (κ1) is 22.6. The second-order valence-corrected chi connectivity index (χ2v) is 10.3. The zero-order valence-corrected chi connectivity index (χ0v) is 18.9. The molecule has 0 saturated heterocycles. The Hall–Kier alpha value is -2.55. The molecule has 0 aromatic heterocycles. The number of aliphatic hydroxyl groups is 2. The Morgan fingerprint density at radius 2 is 1.56 bits per heavy atom. The topological polar surface area (TPSA) is 95.9 Å². The van der Waals surface area contributed by atoms with Crippen LogP contribution in [0.4, 0.5) is 0 Å². The average Bonchev–Trinajstić information content (AvgIpc) is 2.81. The SMILES string of the molecule is CC(O)S(=O)(=O)OCC(C)(CO)NCc1cc2c3ccccc3ccc2c2ccccc12. The van der Waals surface area contributed by atoms with Crippen LogP contribution in [0.25, 0.3) is 32.3 Å². The van der Waals surface area contributed by atoms with E-state index in [-0.39, 0.29) is 13.2 Å². The summed E-state index contributed by atoms with van der Waals surface area (Å²) >= 11 is 0. The number of benzene rings is 4. The zero-order valence-electron chi connectivity index (χ0n) is 18.1. The highest BCUT2D eigenvalue weighted by molar-refractivity contribution is 7.87. The molecule has 6 nitrogen and oxygen atoms in total. The number of hydrogen-bond acceptors (Lipinski definition) is 6. The van der Waals surface area contributed by atoms with Crippen LogP contribution >= 0.6 is 0 Å². The Morgan fingerprint density at radius 1 is 0.938 bits per heavy atom. The summed E-state index contributed by atoms with van der Waals surface area (Å²) in [6, 6.07) is 22.8. The Bertz CT molecular complexity index is 1380. The molecule has 0 aliphatic heterocycles. The molecule has 0 aliphatic carbocycles. The first-order chi connectivity index (χ1) is 15.2. The maximum atomic E-state index is 11.8. The maximum absolute atomic E-state index is 11.8. The van der Waals surface area contributed by atoms with Crippen LogP contribution in [0, 0.1) is 0 Å². The van der Waals surface area contributed by atoms with Gasteiger partial charge >= 0.3 is 0 Å². The molecule has 168 valence electrons. The van der Waals surface area contributed by atoms with Gasteiger partial charge in [-0.25, -0.2) is 0 Å². The van der Waals surface area contributed by atoms with Gasteiger partial charge in [0, 0.05) is 6.54 Å². The Balaban J connectivity index is 1.72. The van der Waals surface area contributed by atoms with E-state index >= 15 is 0 Å². The molecule has 0 bridgehead atoms. The summed E-state index contributed by atoms with van der Waals surface area (Å²) in [6.45, 7) is 2.57. The van der Waals surface area contributed by atoms with E-state index in [1.165, 1.54) is 5.39 Å². The molecule has 0 saturated carbocycles. The van der Waals surface area contributed by atoms with Crippen molar-refractivity contribution >= 4 is 42.4 Å². The predicted molar refractivity (Wildman–Crippen MR) is 128 cm³/mol. The molecule has 0 heterocycles. The van der Waals surface area contributed by atoms with Crippen LogP contribution in [-0.2, 0) is 20.8 Å². The van der Waals surface area contributed by atoms with Crippen molar-refractivity contribution in [2.24, 2.45) is 0 Å². The van der Waals surface area contributed by atoms with Crippen LogP contribution in [0.2, 0.25) is 0 Å². The minimum Gasteiger partial charge on any atom is -0.394 e. The van der Waals surface area contributed by atoms with Crippen LogP contribution < -0.4 is 5.32 Å². The van der Waals surface area contributed by atoms with Crippen LogP contribution in [0.3, 0.4) is 0 Å². The number of fused-ring (bicyclic) bond motifs is 5. The lowest BCUT2D eigenvalue weighted by Crippen LogP contribution is -2.50. The van der Waals surface area contributed by atoms with E-state index in [1.54, 1.807) is 6.92 Å². The smallest absolute Gasteiger partial charge is 0.294 e. The highest BCUT2D eigenvalue weighted by atomic mass is 32.2. The van der Waals surface area contributed by atoms with Gasteiger partial charge in [-0.2, -0.15) is 8.42 Å². The summed E-state index contributed by atoms with van der Waals surface area (Å²) in [5, 5.41) is 29.4. The third-order valence-corrected chi connectivity index (χ3v) is 7.15. The van der Waals surface area contributed by atoms with Crippen LogP contribution in [0.5, 0.6) is 0 Å². The summed E-state index contributed by atoms with van der Waals surface area (Å²) in [5.74, 6) is 0. The molecule has 4 aromatic rings. The van der Waals surface area contributed by atoms with Crippen LogP contribution in [0.15, 0.2) is 66.7 Å². The molecule has 0 amide bonds. The largest absolute Gasteiger partial charge is 0.394 e. The normalized spacial score (nSPS) is 15.2. The highest BCUT2D eigenvalue weighted by Gasteiger charge is 2.28. The summed E-state index contributed by atoms with van der Waals surface area (Å²) in [7, 11) is -4.11. The van der Waals surface area contributed by atoms with Crippen molar-refractivity contribution in [3.05, 3.63) is 72.3 Å². The molecular formula is C25H27NO5S. The van der Waals surface area contributed by atoms with Gasteiger partial charge in [0.25, 0.3) is 10.1 Å². The fourth-order valence-electron chi connectivity index (χ4n) is 3.85. The van der Waals surface area contributed by atoms with Gasteiger partial charge < -0.3 is 15.5 Å². The van der Waals surface area contributed by atoms with E-state index in [4.69, 9.17) is 4.18 Å². The standard InChI is InChI=1S/C25H27NO5S/c1-17(28)32(29,30)31-16-25(2,15-27)26-14-19-13-24-20-8-4-3-7-18(20)11-12-23(24)22-10-6-5-9-21(19)22/h3-13,17,26-28H,14-16H2,1-2H3. The van der Waals surface area contributed by atoms with E-state index in [0.29, 0.717) is 6.54 Å². The number of nitrogens with one attached hydrogen (secondary N) is 1. The van der Waals surface area contributed by atoms with E-state index in [9.17, 15) is 18.6 Å². The molecular weight excluding hydrogens is 426 g/mol. The summed E-state index contributed by atoms with van der Waals surface area (Å²) in [6.07, 6.45) is 0. The third-order valence-electron chi connectivity index (χ3n) is 5.87. The van der Waals surface area contributed by atoms with Gasteiger partial charge in [0.15, 0.2) is 5.44 Å². The van der Waals surface area contributed by atoms with Gasteiger partial charge in [0.05, 0.1) is 18.8 Å². The fourth-order valence-corrected chi connectivity index (χ4v) is 4.48. The minimum atomic E-state index is -4.11. The quantitative estimate of drug-likeness (QED) is 0.278. The van der Waals surface area contributed by atoms with Crippen molar-refractivity contribution < 1.29 is 22.8 Å². The van der Waals surface area contributed by atoms with Gasteiger partial charge in [-0.1, -0.05) is 60.7 Å². The van der Waals surface area contributed by atoms with Crippen LogP contribution in [-0.4, -0.2) is 42.8 Å². The molecule has 0 fully saturated rings. The van der Waals surface area contributed by atoms with Gasteiger partial charge in [0.2, 0.25) is 0 Å². The fraction of sp³-hybridized carbons (Fsp3) is 0.280. The molecule has 0 radical (unpaired) electrons. The number of aliphatic hydroxyl groups excluding tert-OH is 2. The lowest BCUT2D eigenvalue weighted by atomic mass is 9.93. The molecule has 32 heavy (non-hydrogen) atoms. The molecule has 4 aromatic carbocycles. The first-order valence-electron chi connectivity index (χ1n) is 10.5. The van der Waals surface area contributed by atoms with Crippen molar-refractivity contribution in [1.29, 1.82) is 0 Å². The lowest BCUT2D eigenvalue weighted by Gasteiger charge is -2.29. The molecule has 7 heteroatoms. The Labute approximate surface area is 187 Å². The summed E-state index contributed by atoms with van der Waals surface area (Å²) in [5.41, 5.74) is -1.62. The molecule has 2 atom stereocenters. The van der Waals surface area contributed by atoms with Crippen molar-refractivity contribution in [2.45, 2.75) is 31.4 Å². The molecule has 3 N–H and O–H groups in total. The summed E-state index contributed by atoms with van der Waals surface area (Å²) in [4.78, 5) is 0. The van der Waals surface area contributed by atoms with E-state index < -0.39 is 21.1 Å². The second kappa shape index (κ2) is 8.77. The molecule has 2 unspecified atom stereocenters. The molecule has 4 rings (SSSR count). The molecule has 0 spiro atoms. The van der Waals surface area contributed by atoms with Gasteiger partial charge in [-0.15, -0.1) is 0 Å². The summed E-state index contributed by atoms with van der Waals surface area (Å²) < 4.78 is 28.6. The predicted octanol–water partition coefficient (Wildman–Crippen LogP) is 3.67. The van der Waals surface area contributed by atoms with Crippen molar-refractivity contribution in [3.63, 3.8) is 0 Å². The van der Waals surface area contributed by atoms with E-state index in [2.05, 4.69) is 47.8 Å². The second-order valence-electron chi connectivity index (χ2n) is 8.39. The van der Waals surface area contributed by atoms with Crippen molar-refractivity contribution in [3.8, 4) is 0 Å². The lowest BCUT2D eigenvalue weighted by molar-refractivity contribution is 0.111. The number of hydrogen-bond donors (Lipinski definition) is 3. The average molecular weight is 454 g/mol. The highest BCUT2D eigenvalue weighted by Crippen LogP contribution is 2.33. The first-order valence-corrected chi connectivity index (χ1v) is 12.0. The van der Waals surface area contributed by atoms with E-state index in [1.807, 2.05) is 24.3 Å². The van der Waals surface area contributed by atoms with E-state index in [0.717, 1.165) is 39.4 Å². The third kappa shape index (κ3) is 4.35. The maximum Gasteiger partial charge on any atom is 0.294 e. The van der Waals surface area contributed by atoms with Gasteiger partial charge in [-0.3, -0.25) is 4.18 Å². The van der Waals surface area contributed by atoms with Crippen molar-refractivity contribution in [1.82, 2.24) is 5.32 Å². The minimum absolute atomic E-state index is 0.300. The van der Waals surface area contributed by atoms with Gasteiger partial charge in [0.1, 0.15) is 0 Å². The van der Waals surface area contributed by atoms with Crippen molar-refractivity contribution in [2.75, 3.05) is 13.2 Å². The monoisotopic (exact) mass is 453 g/mol. The number of rotatable bonds is 8.